The second kappa shape index (κ2) is 6.86. The summed E-state index contributed by atoms with van der Waals surface area (Å²) in [5, 5.41) is 0. The summed E-state index contributed by atoms with van der Waals surface area (Å²) in [6.07, 6.45) is -0.684. The van der Waals surface area contributed by atoms with E-state index in [0.717, 1.165) is 24.5 Å². The van der Waals surface area contributed by atoms with Crippen molar-refractivity contribution in [3.05, 3.63) is 57.5 Å². The average Bonchev–Trinajstić information content (AvgIpc) is 3.41. The standard InChI is InChI=1S/C18H20F2N4O2/c1-23(2)18-22-13(17(21)26)9-14(25)24(18)15(10-3-4-10)11-5-7-12(8-6-11)16(19)20/h5-10,15-16H,3-4H2,1-2H3,(H2,21,26)/t15-/m1/s1. The number of carbonyl (C=O) groups excluding carboxylic acids is 1. The van der Waals surface area contributed by atoms with Gasteiger partial charge in [-0.2, -0.15) is 0 Å². The lowest BCUT2D eigenvalue weighted by Gasteiger charge is -2.26. The molecule has 8 heteroatoms. The molecule has 1 amide bonds. The minimum atomic E-state index is -2.54. The van der Waals surface area contributed by atoms with Gasteiger partial charge in [-0.15, -0.1) is 0 Å². The predicted molar refractivity (Wildman–Crippen MR) is 93.6 cm³/mol. The fourth-order valence-corrected chi connectivity index (χ4v) is 3.06. The first kappa shape index (κ1) is 18.0. The quantitative estimate of drug-likeness (QED) is 0.855. The Kier molecular flexibility index (Phi) is 4.76. The Morgan fingerprint density at radius 2 is 1.81 bits per heavy atom. The summed E-state index contributed by atoms with van der Waals surface area (Å²) in [5.74, 6) is -0.257. The smallest absolute Gasteiger partial charge is 0.267 e. The maximum atomic E-state index is 12.8. The summed E-state index contributed by atoms with van der Waals surface area (Å²) in [5.41, 5.74) is 5.47. The van der Waals surface area contributed by atoms with E-state index in [1.54, 1.807) is 31.1 Å². The van der Waals surface area contributed by atoms with Crippen molar-refractivity contribution in [1.29, 1.82) is 0 Å². The van der Waals surface area contributed by atoms with Gasteiger partial charge in [-0.05, 0) is 24.3 Å². The van der Waals surface area contributed by atoms with Crippen molar-refractivity contribution in [2.75, 3.05) is 19.0 Å². The summed E-state index contributed by atoms with van der Waals surface area (Å²) in [6.45, 7) is 0. The average molecular weight is 362 g/mol. The molecule has 0 bridgehead atoms. The van der Waals surface area contributed by atoms with Gasteiger partial charge in [0.15, 0.2) is 0 Å². The molecule has 0 radical (unpaired) electrons. The summed E-state index contributed by atoms with van der Waals surface area (Å²) >= 11 is 0. The van der Waals surface area contributed by atoms with E-state index in [1.165, 1.54) is 16.7 Å². The molecule has 0 saturated heterocycles. The number of nitrogens with zero attached hydrogens (tertiary/aromatic N) is 3. The number of benzene rings is 1. The van der Waals surface area contributed by atoms with E-state index in [4.69, 9.17) is 5.73 Å². The van der Waals surface area contributed by atoms with Gasteiger partial charge in [-0.25, -0.2) is 13.8 Å². The highest BCUT2D eigenvalue weighted by Crippen LogP contribution is 2.44. The van der Waals surface area contributed by atoms with Crippen molar-refractivity contribution in [3.63, 3.8) is 0 Å². The maximum Gasteiger partial charge on any atom is 0.267 e. The third-order valence-corrected chi connectivity index (χ3v) is 4.46. The van der Waals surface area contributed by atoms with Gasteiger partial charge in [0.2, 0.25) is 5.95 Å². The van der Waals surface area contributed by atoms with E-state index < -0.39 is 17.9 Å². The second-order valence-corrected chi connectivity index (χ2v) is 6.66. The van der Waals surface area contributed by atoms with Crippen molar-refractivity contribution >= 4 is 11.9 Å². The van der Waals surface area contributed by atoms with Crippen molar-refractivity contribution in [2.24, 2.45) is 11.7 Å². The molecule has 1 aliphatic rings. The monoisotopic (exact) mass is 362 g/mol. The molecular weight excluding hydrogens is 342 g/mol. The number of hydrogen-bond donors (Lipinski definition) is 1. The fraction of sp³-hybridized carbons (Fsp3) is 0.389. The molecule has 1 heterocycles. The molecular formula is C18H20F2N4O2. The van der Waals surface area contributed by atoms with E-state index >= 15 is 0 Å². The van der Waals surface area contributed by atoms with Gasteiger partial charge in [0, 0.05) is 25.7 Å². The molecule has 1 aromatic carbocycles. The van der Waals surface area contributed by atoms with E-state index in [2.05, 4.69) is 4.98 Å². The molecule has 2 aromatic rings. The van der Waals surface area contributed by atoms with Crippen molar-refractivity contribution in [3.8, 4) is 0 Å². The van der Waals surface area contributed by atoms with Crippen LogP contribution in [-0.2, 0) is 0 Å². The number of rotatable bonds is 6. The Balaban J connectivity index is 2.14. The van der Waals surface area contributed by atoms with Crippen LogP contribution in [0, 0.1) is 5.92 Å². The number of nitrogens with two attached hydrogens (primary N) is 1. The summed E-state index contributed by atoms with van der Waals surface area (Å²) in [7, 11) is 3.43. The number of anilines is 1. The Morgan fingerprint density at radius 3 is 2.27 bits per heavy atom. The largest absolute Gasteiger partial charge is 0.364 e. The van der Waals surface area contributed by atoms with Crippen LogP contribution in [0.2, 0.25) is 0 Å². The number of amides is 1. The molecule has 1 aromatic heterocycles. The number of carbonyl (C=O) groups is 1. The molecule has 0 unspecified atom stereocenters. The van der Waals surface area contributed by atoms with Crippen LogP contribution in [0.5, 0.6) is 0 Å². The van der Waals surface area contributed by atoms with E-state index in [-0.39, 0.29) is 23.2 Å². The predicted octanol–water partition coefficient (Wildman–Crippen LogP) is 2.35. The van der Waals surface area contributed by atoms with E-state index in [0.29, 0.717) is 5.95 Å². The van der Waals surface area contributed by atoms with Crippen LogP contribution < -0.4 is 16.2 Å². The molecule has 1 saturated carbocycles. The minimum Gasteiger partial charge on any atom is -0.364 e. The second-order valence-electron chi connectivity index (χ2n) is 6.66. The number of hydrogen-bond acceptors (Lipinski definition) is 4. The fourth-order valence-electron chi connectivity index (χ4n) is 3.06. The van der Waals surface area contributed by atoms with Gasteiger partial charge < -0.3 is 10.6 Å². The van der Waals surface area contributed by atoms with Gasteiger partial charge in [0.25, 0.3) is 17.9 Å². The van der Waals surface area contributed by atoms with Crippen molar-refractivity contribution in [1.82, 2.24) is 9.55 Å². The molecule has 26 heavy (non-hydrogen) atoms. The Hall–Kier alpha value is -2.77. The molecule has 1 atom stereocenters. The molecule has 2 N–H and O–H groups in total. The highest BCUT2D eigenvalue weighted by molar-refractivity contribution is 5.90. The third-order valence-electron chi connectivity index (χ3n) is 4.46. The van der Waals surface area contributed by atoms with Crippen molar-refractivity contribution < 1.29 is 13.6 Å². The van der Waals surface area contributed by atoms with Crippen LogP contribution in [-0.4, -0.2) is 29.6 Å². The molecule has 1 aliphatic carbocycles. The Morgan fingerprint density at radius 1 is 1.23 bits per heavy atom. The van der Waals surface area contributed by atoms with Crippen LogP contribution in [0.25, 0.3) is 0 Å². The topological polar surface area (TPSA) is 81.2 Å². The Bertz CT molecular complexity index is 874. The van der Waals surface area contributed by atoms with E-state index in [9.17, 15) is 18.4 Å². The highest BCUT2D eigenvalue weighted by Gasteiger charge is 2.36. The molecule has 0 spiro atoms. The van der Waals surface area contributed by atoms with E-state index in [1.807, 2.05) is 0 Å². The summed E-state index contributed by atoms with van der Waals surface area (Å²) in [4.78, 5) is 30.1. The number of alkyl halides is 2. The maximum absolute atomic E-state index is 12.8. The number of halogens is 2. The summed E-state index contributed by atoms with van der Waals surface area (Å²) in [6, 6.07) is 6.79. The lowest BCUT2D eigenvalue weighted by atomic mass is 10.0. The highest BCUT2D eigenvalue weighted by atomic mass is 19.3. The van der Waals surface area contributed by atoms with Gasteiger partial charge >= 0.3 is 0 Å². The number of primary amides is 1. The molecule has 0 aliphatic heterocycles. The van der Waals surface area contributed by atoms with Crippen LogP contribution in [0.4, 0.5) is 14.7 Å². The molecule has 6 nitrogen and oxygen atoms in total. The van der Waals surface area contributed by atoms with Crippen LogP contribution in [0.15, 0.2) is 35.1 Å². The normalized spacial score (nSPS) is 15.1. The van der Waals surface area contributed by atoms with Crippen LogP contribution in [0.3, 0.4) is 0 Å². The van der Waals surface area contributed by atoms with Gasteiger partial charge in [0.1, 0.15) is 5.69 Å². The molecule has 3 rings (SSSR count). The lowest BCUT2D eigenvalue weighted by molar-refractivity contribution is 0.0995. The van der Waals surface area contributed by atoms with Crippen molar-refractivity contribution in [2.45, 2.75) is 25.3 Å². The first-order chi connectivity index (χ1) is 12.3. The van der Waals surface area contributed by atoms with Gasteiger partial charge in [-0.1, -0.05) is 24.3 Å². The Labute approximate surface area is 149 Å². The lowest BCUT2D eigenvalue weighted by Crippen LogP contribution is -2.34. The number of aromatic nitrogens is 2. The first-order valence-corrected chi connectivity index (χ1v) is 8.28. The zero-order chi connectivity index (χ0) is 19.0. The molecule has 138 valence electrons. The van der Waals surface area contributed by atoms with Crippen LogP contribution in [0.1, 0.15) is 46.9 Å². The zero-order valence-corrected chi connectivity index (χ0v) is 14.5. The molecule has 1 fully saturated rings. The minimum absolute atomic E-state index is 0.0642. The first-order valence-electron chi connectivity index (χ1n) is 8.28. The SMILES string of the molecule is CN(C)c1nc(C(N)=O)cc(=O)n1[C@@H](c1ccc(C(F)F)cc1)C1CC1. The van der Waals surface area contributed by atoms with Crippen LogP contribution >= 0.6 is 0 Å². The van der Waals surface area contributed by atoms with Gasteiger partial charge in [-0.3, -0.25) is 14.2 Å². The van der Waals surface area contributed by atoms with Gasteiger partial charge in [0.05, 0.1) is 6.04 Å². The summed E-state index contributed by atoms with van der Waals surface area (Å²) < 4.78 is 27.2. The third kappa shape index (κ3) is 3.44. The zero-order valence-electron chi connectivity index (χ0n) is 14.5.